The number of allylic oxidation sites excluding steroid dienone is 16. The van der Waals surface area contributed by atoms with Crippen LogP contribution < -0.4 is 0 Å². The molecule has 0 saturated carbocycles. The summed E-state index contributed by atoms with van der Waals surface area (Å²) in [5, 5.41) is 0. The number of unbranched alkanes of at least 4 members (excludes halogenated alkanes) is 36. The highest BCUT2D eigenvalue weighted by molar-refractivity contribution is 5.71. The summed E-state index contributed by atoms with van der Waals surface area (Å²) in [5.74, 6) is -0.944. The van der Waals surface area contributed by atoms with Gasteiger partial charge in [-0.2, -0.15) is 0 Å². The van der Waals surface area contributed by atoms with Crippen LogP contribution in [0.1, 0.15) is 342 Å². The summed E-state index contributed by atoms with van der Waals surface area (Å²) in [7, 11) is 0. The summed E-state index contributed by atoms with van der Waals surface area (Å²) in [6.45, 7) is 6.51. The second kappa shape index (κ2) is 68.8. The first-order chi connectivity index (χ1) is 40.0. The average molecular weight is 1130 g/mol. The topological polar surface area (TPSA) is 78.9 Å². The monoisotopic (exact) mass is 1130 g/mol. The Labute approximate surface area is 502 Å². The molecule has 0 N–H and O–H groups in total. The Morgan fingerprint density at radius 2 is 0.494 bits per heavy atom. The molecule has 0 spiro atoms. The maximum Gasteiger partial charge on any atom is 0.306 e. The van der Waals surface area contributed by atoms with Crippen LogP contribution in [-0.4, -0.2) is 37.2 Å². The number of carbonyl (C=O) groups excluding carboxylic acids is 3. The Morgan fingerprint density at radius 1 is 0.259 bits per heavy atom. The number of rotatable bonds is 63. The van der Waals surface area contributed by atoms with E-state index in [2.05, 4.69) is 118 Å². The van der Waals surface area contributed by atoms with Crippen molar-refractivity contribution >= 4 is 17.9 Å². The van der Waals surface area contributed by atoms with Gasteiger partial charge in [0.05, 0.1) is 0 Å². The molecule has 0 heterocycles. The number of hydrogen-bond acceptors (Lipinski definition) is 6. The van der Waals surface area contributed by atoms with E-state index in [4.69, 9.17) is 14.2 Å². The summed E-state index contributed by atoms with van der Waals surface area (Å²) in [4.78, 5) is 38.3. The van der Waals surface area contributed by atoms with Crippen molar-refractivity contribution in [3.05, 3.63) is 97.2 Å². The van der Waals surface area contributed by atoms with Crippen molar-refractivity contribution in [2.24, 2.45) is 0 Å². The first kappa shape index (κ1) is 77.3. The van der Waals surface area contributed by atoms with Crippen LogP contribution in [0.25, 0.3) is 0 Å². The third kappa shape index (κ3) is 67.0. The molecule has 466 valence electrons. The lowest BCUT2D eigenvalue weighted by atomic mass is 10.0. The highest BCUT2D eigenvalue weighted by Crippen LogP contribution is 2.17. The summed E-state index contributed by atoms with van der Waals surface area (Å²) >= 11 is 0. The standard InChI is InChI=1S/C75H130O6/c1-4-7-10-13-16-19-22-24-26-28-30-32-34-35-36-37-38-39-41-42-44-46-48-50-53-56-59-62-65-68-74(77)80-71-72(70-79-73(76)67-64-61-58-55-52-21-18-15-12-9-6-3)81-75(78)69-66-63-60-57-54-51-49-47-45-43-40-33-31-29-27-25-23-20-17-14-11-8-5-2/h8,11,17,20,25,27-28,30-31,33,43,45,49,51,57,60,72H,4-7,9-10,12-16,18-19,21-24,26,29,32,34-42,44,46-48,50,52-56,58-59,61-71H2,1-3H3/b11-8-,20-17-,27-25-,30-28-,33-31-,45-43-,51-49-,60-57-. The predicted octanol–water partition coefficient (Wildman–Crippen LogP) is 24.0. The molecule has 0 bridgehead atoms. The highest BCUT2D eigenvalue weighted by Gasteiger charge is 2.19. The molecular formula is C75H130O6. The Bertz CT molecular complexity index is 1580. The fourth-order valence-electron chi connectivity index (χ4n) is 9.90. The smallest absolute Gasteiger partial charge is 0.306 e. The first-order valence-corrected chi connectivity index (χ1v) is 34.7. The molecule has 1 unspecified atom stereocenters. The van der Waals surface area contributed by atoms with Gasteiger partial charge in [-0.05, 0) is 96.3 Å². The first-order valence-electron chi connectivity index (χ1n) is 34.7. The summed E-state index contributed by atoms with van der Waals surface area (Å²) < 4.78 is 16.9. The number of hydrogen-bond donors (Lipinski definition) is 0. The maximum absolute atomic E-state index is 12.9. The molecule has 0 fully saturated rings. The normalized spacial score (nSPS) is 12.7. The number of esters is 3. The van der Waals surface area contributed by atoms with Gasteiger partial charge in [0.2, 0.25) is 0 Å². The van der Waals surface area contributed by atoms with Crippen molar-refractivity contribution in [1.29, 1.82) is 0 Å². The van der Waals surface area contributed by atoms with Crippen LogP contribution in [0, 0.1) is 0 Å². The third-order valence-electron chi connectivity index (χ3n) is 15.1. The van der Waals surface area contributed by atoms with Gasteiger partial charge in [-0.25, -0.2) is 0 Å². The molecule has 0 saturated heterocycles. The van der Waals surface area contributed by atoms with Gasteiger partial charge >= 0.3 is 17.9 Å². The fourth-order valence-corrected chi connectivity index (χ4v) is 9.90. The van der Waals surface area contributed by atoms with Crippen molar-refractivity contribution in [2.75, 3.05) is 13.2 Å². The molecule has 0 aliphatic rings. The number of carbonyl (C=O) groups is 3. The van der Waals surface area contributed by atoms with E-state index in [0.29, 0.717) is 19.3 Å². The lowest BCUT2D eigenvalue weighted by Crippen LogP contribution is -2.30. The van der Waals surface area contributed by atoms with Gasteiger partial charge in [-0.3, -0.25) is 14.4 Å². The molecule has 6 heteroatoms. The van der Waals surface area contributed by atoms with E-state index in [1.54, 1.807) is 0 Å². The van der Waals surface area contributed by atoms with E-state index < -0.39 is 6.10 Å². The third-order valence-corrected chi connectivity index (χ3v) is 15.1. The summed E-state index contributed by atoms with van der Waals surface area (Å²) in [6.07, 6.45) is 93.1. The van der Waals surface area contributed by atoms with Gasteiger partial charge in [0, 0.05) is 19.3 Å². The molecule has 0 aromatic carbocycles. The minimum absolute atomic E-state index is 0.0973. The van der Waals surface area contributed by atoms with Gasteiger partial charge in [0.1, 0.15) is 13.2 Å². The van der Waals surface area contributed by atoms with E-state index in [1.165, 1.54) is 205 Å². The predicted molar refractivity (Wildman–Crippen MR) is 353 cm³/mol. The summed E-state index contributed by atoms with van der Waals surface area (Å²) in [6, 6.07) is 0. The second-order valence-corrected chi connectivity index (χ2v) is 23.1. The molecule has 0 amide bonds. The minimum atomic E-state index is -0.807. The molecule has 6 nitrogen and oxygen atoms in total. The van der Waals surface area contributed by atoms with E-state index in [0.717, 1.165) is 89.9 Å². The molecule has 0 aromatic rings. The zero-order valence-electron chi connectivity index (χ0n) is 53.5. The van der Waals surface area contributed by atoms with Crippen LogP contribution in [0.5, 0.6) is 0 Å². The van der Waals surface area contributed by atoms with E-state index in [9.17, 15) is 14.4 Å². The molecule has 81 heavy (non-hydrogen) atoms. The van der Waals surface area contributed by atoms with Crippen LogP contribution in [-0.2, 0) is 28.6 Å². The molecule has 1 atom stereocenters. The van der Waals surface area contributed by atoms with Crippen molar-refractivity contribution in [3.8, 4) is 0 Å². The molecule has 0 aromatic heterocycles. The number of ether oxygens (including phenoxy) is 3. The minimum Gasteiger partial charge on any atom is -0.462 e. The van der Waals surface area contributed by atoms with Crippen LogP contribution in [0.2, 0.25) is 0 Å². The largest absolute Gasteiger partial charge is 0.462 e. The zero-order chi connectivity index (χ0) is 58.5. The molecule has 0 aliphatic carbocycles. The Kier molecular flexibility index (Phi) is 65.7. The van der Waals surface area contributed by atoms with Crippen LogP contribution in [0.4, 0.5) is 0 Å². The SMILES string of the molecule is CC/C=C\C/C=C\C/C=C\C/C=C\C/C=C\C/C=C\C/C=C\CCCC(=O)OC(COC(=O)CCCCCCCCCCCCC)COC(=O)CCCCCCCCCCCCCCCCCCC/C=C\CCCCCCCCCC. The van der Waals surface area contributed by atoms with Gasteiger partial charge in [-0.15, -0.1) is 0 Å². The highest BCUT2D eigenvalue weighted by atomic mass is 16.6. The van der Waals surface area contributed by atoms with Gasteiger partial charge in [-0.1, -0.05) is 323 Å². The van der Waals surface area contributed by atoms with Crippen LogP contribution in [0.15, 0.2) is 97.2 Å². The fraction of sp³-hybridized carbons (Fsp3) is 0.747. The van der Waals surface area contributed by atoms with E-state index >= 15 is 0 Å². The van der Waals surface area contributed by atoms with Crippen molar-refractivity contribution < 1.29 is 28.6 Å². The van der Waals surface area contributed by atoms with Crippen molar-refractivity contribution in [1.82, 2.24) is 0 Å². The van der Waals surface area contributed by atoms with Gasteiger partial charge < -0.3 is 14.2 Å². The Balaban J connectivity index is 4.28. The van der Waals surface area contributed by atoms with E-state index in [1.807, 2.05) is 0 Å². The molecule has 0 rings (SSSR count). The second-order valence-electron chi connectivity index (χ2n) is 23.1. The average Bonchev–Trinajstić information content (AvgIpc) is 3.47. The quantitative estimate of drug-likeness (QED) is 0.0261. The van der Waals surface area contributed by atoms with Gasteiger partial charge in [0.25, 0.3) is 0 Å². The Morgan fingerprint density at radius 3 is 0.802 bits per heavy atom. The van der Waals surface area contributed by atoms with Crippen molar-refractivity contribution in [2.45, 2.75) is 348 Å². The van der Waals surface area contributed by atoms with Gasteiger partial charge in [0.15, 0.2) is 6.10 Å². The molecule has 0 aliphatic heterocycles. The van der Waals surface area contributed by atoms with Crippen molar-refractivity contribution in [3.63, 3.8) is 0 Å². The lowest BCUT2D eigenvalue weighted by Gasteiger charge is -2.18. The summed E-state index contributed by atoms with van der Waals surface area (Å²) in [5.41, 5.74) is 0. The lowest BCUT2D eigenvalue weighted by molar-refractivity contribution is -0.167. The molecular weight excluding hydrogens is 997 g/mol. The van der Waals surface area contributed by atoms with E-state index in [-0.39, 0.29) is 37.5 Å². The van der Waals surface area contributed by atoms with Crippen LogP contribution >= 0.6 is 0 Å². The Hall–Kier alpha value is -3.67. The zero-order valence-corrected chi connectivity index (χ0v) is 53.5. The molecule has 0 radical (unpaired) electrons. The maximum atomic E-state index is 12.9. The van der Waals surface area contributed by atoms with Crippen LogP contribution in [0.3, 0.4) is 0 Å².